The van der Waals surface area contributed by atoms with Crippen LogP contribution < -0.4 is 4.90 Å². The predicted octanol–water partition coefficient (Wildman–Crippen LogP) is 3.90. The van der Waals surface area contributed by atoms with E-state index in [0.717, 1.165) is 34.8 Å². The van der Waals surface area contributed by atoms with Crippen LogP contribution in [0.1, 0.15) is 5.56 Å². The molecule has 1 aromatic heterocycles. The smallest absolute Gasteiger partial charge is 0.229 e. The van der Waals surface area contributed by atoms with E-state index in [9.17, 15) is 0 Å². The lowest BCUT2D eigenvalue weighted by atomic mass is 9.81. The molecule has 0 amide bonds. The first-order valence-electron chi connectivity index (χ1n) is 6.48. The van der Waals surface area contributed by atoms with Crippen molar-refractivity contribution in [2.75, 3.05) is 24.7 Å². The largest absolute Gasteiger partial charge is 0.379 e. The molecule has 2 aliphatic heterocycles. The Morgan fingerprint density at radius 3 is 2.67 bits per heavy atom. The van der Waals surface area contributed by atoms with Gasteiger partial charge in [0.25, 0.3) is 0 Å². The summed E-state index contributed by atoms with van der Waals surface area (Å²) in [5.74, 6) is 0.708. The van der Waals surface area contributed by atoms with E-state index in [1.807, 2.05) is 0 Å². The molecule has 1 saturated heterocycles. The third kappa shape index (κ3) is 2.16. The third-order valence-corrected chi connectivity index (χ3v) is 5.36. The van der Waals surface area contributed by atoms with Crippen molar-refractivity contribution in [2.24, 2.45) is 0 Å². The molecule has 1 aromatic carbocycles. The summed E-state index contributed by atoms with van der Waals surface area (Å²) in [6.45, 7) is 2.35. The fourth-order valence-electron chi connectivity index (χ4n) is 2.92. The molecular formula is C14H11BrClN3OS. The van der Waals surface area contributed by atoms with Crippen LogP contribution in [0, 0.1) is 0 Å². The average Bonchev–Trinajstić information content (AvgIpc) is 2.82. The van der Waals surface area contributed by atoms with Gasteiger partial charge in [-0.1, -0.05) is 6.07 Å². The van der Waals surface area contributed by atoms with Crippen LogP contribution in [-0.2, 0) is 10.2 Å². The summed E-state index contributed by atoms with van der Waals surface area (Å²) in [4.78, 5) is 12.0. The van der Waals surface area contributed by atoms with Crippen LogP contribution in [0.25, 0.3) is 0 Å². The van der Waals surface area contributed by atoms with E-state index in [0.29, 0.717) is 5.95 Å². The topological polar surface area (TPSA) is 38.2 Å². The van der Waals surface area contributed by atoms with Gasteiger partial charge >= 0.3 is 0 Å². The fraction of sp³-hybridized carbons (Fsp3) is 0.286. The second-order valence-corrected chi connectivity index (χ2v) is 7.32. The number of hydrogen-bond acceptors (Lipinski definition) is 5. The van der Waals surface area contributed by atoms with Crippen LogP contribution in [-0.4, -0.2) is 29.7 Å². The number of halogens is 2. The van der Waals surface area contributed by atoms with E-state index < -0.39 is 0 Å². The van der Waals surface area contributed by atoms with Crippen LogP contribution in [0.5, 0.6) is 0 Å². The Morgan fingerprint density at radius 1 is 1.29 bits per heavy atom. The summed E-state index contributed by atoms with van der Waals surface area (Å²) >= 11 is 3.37. The van der Waals surface area contributed by atoms with E-state index in [4.69, 9.17) is 15.4 Å². The normalized spacial score (nSPS) is 18.7. The average molecular weight is 385 g/mol. The van der Waals surface area contributed by atoms with Gasteiger partial charge in [0.2, 0.25) is 5.95 Å². The molecular weight excluding hydrogens is 374 g/mol. The number of aromatic nitrogens is 2. The lowest BCUT2D eigenvalue weighted by Crippen LogP contribution is -2.49. The summed E-state index contributed by atoms with van der Waals surface area (Å²) in [5, 5.41) is 0. The van der Waals surface area contributed by atoms with Crippen molar-refractivity contribution in [3.63, 3.8) is 0 Å². The lowest BCUT2D eigenvalue weighted by Gasteiger charge is -2.38. The molecule has 0 saturated carbocycles. The first kappa shape index (κ1) is 13.8. The quantitative estimate of drug-likeness (QED) is 0.785. The highest BCUT2D eigenvalue weighted by atomic mass is 79.9. The maximum Gasteiger partial charge on any atom is 0.229 e. The Labute approximate surface area is 139 Å². The Kier molecular flexibility index (Phi) is 3.37. The number of ether oxygens (including phenoxy) is 1. The maximum absolute atomic E-state index is 5.90. The maximum atomic E-state index is 5.90. The number of benzene rings is 1. The van der Waals surface area contributed by atoms with Gasteiger partial charge in [0, 0.05) is 29.5 Å². The molecule has 7 heteroatoms. The van der Waals surface area contributed by atoms with Crippen LogP contribution in [0.3, 0.4) is 0 Å². The van der Waals surface area contributed by atoms with Gasteiger partial charge < -0.3 is 9.64 Å². The molecule has 3 heterocycles. The van der Waals surface area contributed by atoms with Crippen molar-refractivity contribution in [3.8, 4) is 0 Å². The van der Waals surface area contributed by atoms with Crippen molar-refractivity contribution in [2.45, 2.75) is 10.3 Å². The summed E-state index contributed by atoms with van der Waals surface area (Å²) in [5.41, 5.74) is 2.50. The molecule has 21 heavy (non-hydrogen) atoms. The molecule has 0 atom stereocenters. The van der Waals surface area contributed by atoms with E-state index in [-0.39, 0.29) is 5.41 Å². The molecule has 108 valence electrons. The van der Waals surface area contributed by atoms with Gasteiger partial charge in [-0.25, -0.2) is 9.97 Å². The molecule has 1 fully saturated rings. The Morgan fingerprint density at radius 2 is 2.05 bits per heavy atom. The van der Waals surface area contributed by atoms with Crippen molar-refractivity contribution in [1.29, 1.82) is 0 Å². The van der Waals surface area contributed by atoms with Crippen LogP contribution in [0.4, 0.5) is 11.6 Å². The van der Waals surface area contributed by atoms with E-state index in [1.54, 1.807) is 12.4 Å². The van der Waals surface area contributed by atoms with Gasteiger partial charge in [0.15, 0.2) is 0 Å². The van der Waals surface area contributed by atoms with E-state index in [2.05, 4.69) is 49.0 Å². The van der Waals surface area contributed by atoms with Crippen molar-refractivity contribution in [1.82, 2.24) is 9.97 Å². The molecule has 0 radical (unpaired) electrons. The second-order valence-electron chi connectivity index (χ2n) is 5.32. The summed E-state index contributed by atoms with van der Waals surface area (Å²) in [6.07, 6.45) is 3.54. The fourth-order valence-corrected chi connectivity index (χ4v) is 3.69. The first-order valence-corrected chi connectivity index (χ1v) is 8.91. The second kappa shape index (κ2) is 5.12. The van der Waals surface area contributed by atoms with Crippen molar-refractivity contribution < 1.29 is 4.74 Å². The monoisotopic (exact) mass is 383 g/mol. The van der Waals surface area contributed by atoms with E-state index in [1.165, 1.54) is 16.5 Å². The summed E-state index contributed by atoms with van der Waals surface area (Å²) in [7, 11) is 7.12. The highest BCUT2D eigenvalue weighted by Crippen LogP contribution is 2.48. The molecule has 4 rings (SSSR count). The number of fused-ring (bicyclic) bond motifs is 2. The van der Waals surface area contributed by atoms with Crippen LogP contribution in [0.15, 0.2) is 40.0 Å². The molecule has 2 aromatic rings. The lowest BCUT2D eigenvalue weighted by molar-refractivity contribution is -0.0507. The third-order valence-electron chi connectivity index (χ3n) is 3.99. The van der Waals surface area contributed by atoms with Gasteiger partial charge in [-0.15, -0.1) is 0 Å². The molecule has 0 N–H and O–H groups in total. The van der Waals surface area contributed by atoms with Gasteiger partial charge in [0.05, 0.1) is 23.1 Å². The predicted molar refractivity (Wildman–Crippen MR) is 87.4 cm³/mol. The van der Waals surface area contributed by atoms with Crippen molar-refractivity contribution in [3.05, 3.63) is 40.6 Å². The van der Waals surface area contributed by atoms with Gasteiger partial charge in [-0.2, -0.15) is 0 Å². The molecule has 0 aliphatic carbocycles. The summed E-state index contributed by atoms with van der Waals surface area (Å²) in [6, 6.07) is 6.31. The van der Waals surface area contributed by atoms with Crippen LogP contribution >= 0.6 is 37.6 Å². The number of anilines is 2. The zero-order valence-electron chi connectivity index (χ0n) is 10.9. The highest BCUT2D eigenvalue weighted by molar-refractivity contribution is 9.10. The molecule has 4 nitrogen and oxygen atoms in total. The van der Waals surface area contributed by atoms with Crippen LogP contribution in [0.2, 0.25) is 0 Å². The molecule has 1 spiro atoms. The van der Waals surface area contributed by atoms with E-state index >= 15 is 0 Å². The number of nitrogens with zero attached hydrogens (tertiary/aromatic N) is 3. The zero-order chi connectivity index (χ0) is 14.4. The Balaban J connectivity index is 1.82. The van der Waals surface area contributed by atoms with Gasteiger partial charge in [-0.05, 0) is 55.3 Å². The minimum atomic E-state index is 0.0707. The minimum Gasteiger partial charge on any atom is -0.379 e. The Hall–Kier alpha value is -0.820. The Bertz CT molecular complexity index is 693. The molecule has 0 bridgehead atoms. The van der Waals surface area contributed by atoms with Gasteiger partial charge in [0.1, 0.15) is 0 Å². The SMILES string of the molecule is ClSc1ccc2c(c1)N(c1ncc(Br)cn1)CC21COC1. The number of hydrogen-bond donors (Lipinski definition) is 0. The van der Waals surface area contributed by atoms with Crippen molar-refractivity contribution >= 4 is 49.2 Å². The molecule has 0 unspecified atom stereocenters. The first-order chi connectivity index (χ1) is 10.2. The van der Waals surface area contributed by atoms with Gasteiger partial charge in [-0.3, -0.25) is 0 Å². The highest BCUT2D eigenvalue weighted by Gasteiger charge is 2.49. The minimum absolute atomic E-state index is 0.0707. The molecule has 2 aliphatic rings. The summed E-state index contributed by atoms with van der Waals surface area (Å²) < 4.78 is 6.34. The standard InChI is InChI=1S/C14H11BrClN3OS/c15-9-4-17-13(18-5-9)19-6-14(7-20-8-14)11-2-1-10(21-16)3-12(11)19/h1-5H,6-8H2. The zero-order valence-corrected chi connectivity index (χ0v) is 14.1. The number of rotatable bonds is 2.